The third kappa shape index (κ3) is 4.15. The van der Waals surface area contributed by atoms with Crippen LogP contribution in [-0.2, 0) is 4.79 Å². The summed E-state index contributed by atoms with van der Waals surface area (Å²) in [5.41, 5.74) is 0.883. The van der Waals surface area contributed by atoms with Crippen molar-refractivity contribution in [2.45, 2.75) is 12.8 Å². The number of ether oxygens (including phenoxy) is 1. The molecular formula is C19H19ClN2O2. The second kappa shape index (κ2) is 7.97. The van der Waals surface area contributed by atoms with Crippen LogP contribution in [0.1, 0.15) is 18.4 Å². The highest BCUT2D eigenvalue weighted by atomic mass is 35.5. The van der Waals surface area contributed by atoms with E-state index in [4.69, 9.17) is 16.3 Å². The van der Waals surface area contributed by atoms with Crippen molar-refractivity contribution in [1.82, 2.24) is 4.90 Å². The van der Waals surface area contributed by atoms with Crippen LogP contribution < -0.4 is 4.74 Å². The van der Waals surface area contributed by atoms with Gasteiger partial charge < -0.3 is 4.74 Å². The molecule has 1 heterocycles. The third-order valence-corrected chi connectivity index (χ3v) is 4.01. The van der Waals surface area contributed by atoms with Crippen molar-refractivity contribution in [3.05, 3.63) is 65.2 Å². The van der Waals surface area contributed by atoms with Crippen molar-refractivity contribution >= 4 is 23.3 Å². The van der Waals surface area contributed by atoms with Crippen LogP contribution in [0.2, 0.25) is 5.02 Å². The fourth-order valence-corrected chi connectivity index (χ4v) is 2.82. The van der Waals surface area contributed by atoms with Crippen molar-refractivity contribution in [2.24, 2.45) is 4.99 Å². The van der Waals surface area contributed by atoms with E-state index in [-0.39, 0.29) is 5.91 Å². The largest absolute Gasteiger partial charge is 0.494 e. The lowest BCUT2D eigenvalue weighted by molar-refractivity contribution is -0.127. The summed E-state index contributed by atoms with van der Waals surface area (Å²) in [6.07, 6.45) is 1.11. The Kier molecular flexibility index (Phi) is 5.49. The van der Waals surface area contributed by atoms with E-state index in [9.17, 15) is 4.79 Å². The standard InChI is InChI=1S/C19H19ClN2O2/c20-16-7-4-6-15(14-16)19-21-11-12-22(19)18(23)10-5-13-24-17-8-2-1-3-9-17/h1-4,6-9,14H,5,10-13H2. The quantitative estimate of drug-likeness (QED) is 0.749. The average molecular weight is 343 g/mol. The van der Waals surface area contributed by atoms with Gasteiger partial charge in [0, 0.05) is 23.6 Å². The summed E-state index contributed by atoms with van der Waals surface area (Å²) in [7, 11) is 0. The molecule has 0 N–H and O–H groups in total. The zero-order chi connectivity index (χ0) is 16.8. The zero-order valence-corrected chi connectivity index (χ0v) is 14.1. The normalized spacial score (nSPS) is 13.7. The van der Waals surface area contributed by atoms with Gasteiger partial charge in [0.25, 0.3) is 0 Å². The van der Waals surface area contributed by atoms with E-state index in [0.717, 1.165) is 11.3 Å². The molecule has 4 nitrogen and oxygen atoms in total. The van der Waals surface area contributed by atoms with Crippen molar-refractivity contribution < 1.29 is 9.53 Å². The predicted octanol–water partition coefficient (Wildman–Crippen LogP) is 3.79. The number of hydrogen-bond donors (Lipinski definition) is 0. The van der Waals surface area contributed by atoms with E-state index in [2.05, 4.69) is 4.99 Å². The third-order valence-electron chi connectivity index (χ3n) is 3.77. The first-order valence-corrected chi connectivity index (χ1v) is 8.40. The van der Waals surface area contributed by atoms with Gasteiger partial charge in [-0.1, -0.05) is 41.9 Å². The molecule has 0 aliphatic carbocycles. The maximum absolute atomic E-state index is 12.5. The molecule has 0 spiro atoms. The van der Waals surface area contributed by atoms with Gasteiger partial charge >= 0.3 is 0 Å². The van der Waals surface area contributed by atoms with Crippen molar-refractivity contribution in [3.8, 4) is 5.75 Å². The number of carbonyl (C=O) groups is 1. The first kappa shape index (κ1) is 16.5. The number of halogens is 1. The Morgan fingerprint density at radius 1 is 1.17 bits per heavy atom. The molecule has 2 aromatic carbocycles. The molecule has 0 unspecified atom stereocenters. The summed E-state index contributed by atoms with van der Waals surface area (Å²) in [4.78, 5) is 18.7. The predicted molar refractivity (Wildman–Crippen MR) is 95.7 cm³/mol. The number of nitrogens with zero attached hydrogens (tertiary/aromatic N) is 2. The highest BCUT2D eigenvalue weighted by Crippen LogP contribution is 2.17. The minimum Gasteiger partial charge on any atom is -0.494 e. The Hall–Kier alpha value is -2.33. The maximum atomic E-state index is 12.5. The van der Waals surface area contributed by atoms with Gasteiger partial charge in [-0.05, 0) is 30.7 Å². The summed E-state index contributed by atoms with van der Waals surface area (Å²) < 4.78 is 5.63. The molecule has 1 aliphatic rings. The van der Waals surface area contributed by atoms with Gasteiger partial charge in [0.15, 0.2) is 0 Å². The number of amides is 1. The molecule has 24 heavy (non-hydrogen) atoms. The lowest BCUT2D eigenvalue weighted by Gasteiger charge is -2.18. The summed E-state index contributed by atoms with van der Waals surface area (Å²) in [5, 5.41) is 0.644. The molecule has 5 heteroatoms. The number of benzene rings is 2. The van der Waals surface area contributed by atoms with Gasteiger partial charge in [-0.2, -0.15) is 0 Å². The summed E-state index contributed by atoms with van der Waals surface area (Å²) >= 11 is 6.04. The van der Waals surface area contributed by atoms with Crippen LogP contribution in [0.25, 0.3) is 0 Å². The molecular weight excluding hydrogens is 324 g/mol. The highest BCUT2D eigenvalue weighted by Gasteiger charge is 2.24. The molecule has 1 amide bonds. The number of aliphatic imine (C=N–C) groups is 1. The Balaban J connectivity index is 1.52. The van der Waals surface area contributed by atoms with Crippen molar-refractivity contribution in [3.63, 3.8) is 0 Å². The van der Waals surface area contributed by atoms with E-state index in [0.29, 0.717) is 43.4 Å². The number of carbonyl (C=O) groups excluding carboxylic acids is 1. The number of hydrogen-bond acceptors (Lipinski definition) is 3. The average Bonchev–Trinajstić information content (AvgIpc) is 3.09. The van der Waals surface area contributed by atoms with Crippen molar-refractivity contribution in [2.75, 3.05) is 19.7 Å². The summed E-state index contributed by atoms with van der Waals surface area (Å²) in [6.45, 7) is 1.78. The molecule has 0 radical (unpaired) electrons. The Bertz CT molecular complexity index is 731. The molecule has 2 aromatic rings. The van der Waals surface area contributed by atoms with Crippen LogP contribution in [0.5, 0.6) is 5.75 Å². The van der Waals surface area contributed by atoms with Gasteiger partial charge in [0.05, 0.1) is 13.2 Å². The van der Waals surface area contributed by atoms with Gasteiger partial charge in [0.2, 0.25) is 5.91 Å². The van der Waals surface area contributed by atoms with Crippen LogP contribution in [-0.4, -0.2) is 36.3 Å². The van der Waals surface area contributed by atoms with E-state index in [1.807, 2.05) is 54.6 Å². The minimum absolute atomic E-state index is 0.0721. The SMILES string of the molecule is O=C(CCCOc1ccccc1)N1CCN=C1c1cccc(Cl)c1. The van der Waals surface area contributed by atoms with Gasteiger partial charge in [-0.3, -0.25) is 14.7 Å². The Labute approximate surface area is 146 Å². The molecule has 0 saturated heterocycles. The topological polar surface area (TPSA) is 41.9 Å². The van der Waals surface area contributed by atoms with Crippen LogP contribution in [0.15, 0.2) is 59.6 Å². The molecule has 0 bridgehead atoms. The van der Waals surface area contributed by atoms with E-state index < -0.39 is 0 Å². The van der Waals surface area contributed by atoms with Crippen LogP contribution in [0, 0.1) is 0 Å². The molecule has 0 atom stereocenters. The molecule has 0 aromatic heterocycles. The van der Waals surface area contributed by atoms with Crippen molar-refractivity contribution in [1.29, 1.82) is 0 Å². The lowest BCUT2D eigenvalue weighted by Crippen LogP contribution is -2.34. The maximum Gasteiger partial charge on any atom is 0.228 e. The minimum atomic E-state index is 0.0721. The van der Waals surface area contributed by atoms with Crippen LogP contribution >= 0.6 is 11.6 Å². The molecule has 124 valence electrons. The molecule has 3 rings (SSSR count). The second-order valence-electron chi connectivity index (χ2n) is 5.53. The monoisotopic (exact) mass is 342 g/mol. The van der Waals surface area contributed by atoms with E-state index in [1.54, 1.807) is 4.90 Å². The smallest absolute Gasteiger partial charge is 0.228 e. The molecule has 0 saturated carbocycles. The van der Waals surface area contributed by atoms with Gasteiger partial charge in [0.1, 0.15) is 11.6 Å². The van der Waals surface area contributed by atoms with E-state index >= 15 is 0 Å². The van der Waals surface area contributed by atoms with Gasteiger partial charge in [-0.15, -0.1) is 0 Å². The fraction of sp³-hybridized carbons (Fsp3) is 0.263. The second-order valence-corrected chi connectivity index (χ2v) is 5.96. The first-order valence-electron chi connectivity index (χ1n) is 8.02. The first-order chi connectivity index (χ1) is 11.7. The number of para-hydroxylation sites is 1. The molecule has 0 fully saturated rings. The Morgan fingerprint density at radius 2 is 2.00 bits per heavy atom. The summed E-state index contributed by atoms with van der Waals surface area (Å²) in [6, 6.07) is 17.1. The summed E-state index contributed by atoms with van der Waals surface area (Å²) in [5.74, 6) is 1.61. The zero-order valence-electron chi connectivity index (χ0n) is 13.3. The number of amidine groups is 1. The van der Waals surface area contributed by atoms with Crippen LogP contribution in [0.3, 0.4) is 0 Å². The fourth-order valence-electron chi connectivity index (χ4n) is 2.63. The Morgan fingerprint density at radius 3 is 2.79 bits per heavy atom. The number of rotatable bonds is 6. The van der Waals surface area contributed by atoms with Gasteiger partial charge in [-0.25, -0.2) is 0 Å². The van der Waals surface area contributed by atoms with E-state index in [1.165, 1.54) is 0 Å². The van der Waals surface area contributed by atoms with Crippen LogP contribution in [0.4, 0.5) is 0 Å². The lowest BCUT2D eigenvalue weighted by atomic mass is 10.2. The molecule has 1 aliphatic heterocycles. The highest BCUT2D eigenvalue weighted by molar-refractivity contribution is 6.31.